The van der Waals surface area contributed by atoms with Crippen LogP contribution in [-0.2, 0) is 4.74 Å². The summed E-state index contributed by atoms with van der Waals surface area (Å²) in [7, 11) is 0. The van der Waals surface area contributed by atoms with Crippen LogP contribution in [0.25, 0.3) is 11.3 Å². The average Bonchev–Trinajstić information content (AvgIpc) is 3.29. The molecule has 0 amide bonds. The van der Waals surface area contributed by atoms with E-state index in [4.69, 9.17) is 10.00 Å². The second-order valence-electron chi connectivity index (χ2n) is 7.14. The second-order valence-corrected chi connectivity index (χ2v) is 8.32. The lowest BCUT2D eigenvalue weighted by atomic mass is 9.97. The van der Waals surface area contributed by atoms with E-state index in [1.54, 1.807) is 6.07 Å². The van der Waals surface area contributed by atoms with Crippen LogP contribution in [0.4, 0.5) is 13.2 Å². The first-order chi connectivity index (χ1) is 15.8. The maximum atomic E-state index is 13.6. The molecule has 3 heterocycles. The summed E-state index contributed by atoms with van der Waals surface area (Å²) in [6.07, 6.45) is -1.21. The van der Waals surface area contributed by atoms with Crippen molar-refractivity contribution in [2.45, 2.75) is 34.7 Å². The first-order valence-corrected chi connectivity index (χ1v) is 10.4. The summed E-state index contributed by atoms with van der Waals surface area (Å²) in [5.41, 5.74) is -0.893. The maximum absolute atomic E-state index is 13.6. The molecular weight excluding hydrogens is 463 g/mol. The summed E-state index contributed by atoms with van der Waals surface area (Å²) in [4.78, 5) is 4.50. The molecule has 4 rings (SSSR count). The number of nitriles is 1. The highest BCUT2D eigenvalue weighted by Crippen LogP contribution is 2.38. The number of hydrogen-bond donors (Lipinski definition) is 3. The fraction of sp³-hybridized carbons (Fsp3) is 0.300. The molecule has 2 aromatic heterocycles. The Kier molecular flexibility index (Phi) is 6.63. The summed E-state index contributed by atoms with van der Waals surface area (Å²) in [5.74, 6) is -4.43. The van der Waals surface area contributed by atoms with Crippen LogP contribution in [0.5, 0.6) is 0 Å². The van der Waals surface area contributed by atoms with Gasteiger partial charge in [0.1, 0.15) is 47.2 Å². The first kappa shape index (κ1) is 23.1. The van der Waals surface area contributed by atoms with Gasteiger partial charge >= 0.3 is 0 Å². The van der Waals surface area contributed by atoms with E-state index in [-0.39, 0.29) is 17.0 Å². The Balaban J connectivity index is 1.62. The maximum Gasteiger partial charge on any atom is 0.194 e. The van der Waals surface area contributed by atoms with Crippen molar-refractivity contribution < 1.29 is 33.2 Å². The molecule has 13 heteroatoms. The van der Waals surface area contributed by atoms with Crippen molar-refractivity contribution >= 4 is 11.8 Å². The summed E-state index contributed by atoms with van der Waals surface area (Å²) in [6, 6.07) is 5.33. The number of nitrogens with zero attached hydrogens (tertiary/aromatic N) is 5. The molecule has 1 saturated heterocycles. The molecule has 0 radical (unpaired) electrons. The highest BCUT2D eigenvalue weighted by atomic mass is 32.2. The van der Waals surface area contributed by atoms with E-state index < -0.39 is 53.8 Å². The average molecular weight is 479 g/mol. The van der Waals surface area contributed by atoms with Crippen molar-refractivity contribution in [3.8, 4) is 17.3 Å². The first-order valence-electron chi connectivity index (χ1n) is 9.54. The lowest BCUT2D eigenvalue weighted by Gasteiger charge is -2.41. The monoisotopic (exact) mass is 479 g/mol. The van der Waals surface area contributed by atoms with Crippen molar-refractivity contribution in [1.29, 1.82) is 5.26 Å². The molecular formula is C20H16F3N5O4S. The third-order valence-electron chi connectivity index (χ3n) is 5.05. The Morgan fingerprint density at radius 3 is 2.48 bits per heavy atom. The second kappa shape index (κ2) is 9.46. The number of ether oxygens (including phenoxy) is 1. The van der Waals surface area contributed by atoms with E-state index in [1.165, 1.54) is 18.5 Å². The zero-order chi connectivity index (χ0) is 23.7. The van der Waals surface area contributed by atoms with Crippen LogP contribution >= 0.6 is 11.8 Å². The molecule has 1 aromatic carbocycles. The van der Waals surface area contributed by atoms with Gasteiger partial charge in [-0.2, -0.15) is 5.26 Å². The van der Waals surface area contributed by atoms with Crippen LogP contribution in [-0.4, -0.2) is 65.7 Å². The van der Waals surface area contributed by atoms with Crippen molar-refractivity contribution in [3.63, 3.8) is 0 Å². The Morgan fingerprint density at radius 2 is 1.88 bits per heavy atom. The predicted octanol–water partition coefficient (Wildman–Crippen LogP) is 1.40. The van der Waals surface area contributed by atoms with Crippen LogP contribution in [0.2, 0.25) is 0 Å². The van der Waals surface area contributed by atoms with Gasteiger partial charge in [0.05, 0.1) is 12.8 Å². The molecule has 3 aromatic rings. The van der Waals surface area contributed by atoms with Crippen LogP contribution in [0.3, 0.4) is 0 Å². The van der Waals surface area contributed by atoms with Gasteiger partial charge in [0.25, 0.3) is 0 Å². The van der Waals surface area contributed by atoms with Gasteiger partial charge in [-0.1, -0.05) is 17.0 Å². The summed E-state index contributed by atoms with van der Waals surface area (Å²) < 4.78 is 47.2. The van der Waals surface area contributed by atoms with Crippen LogP contribution in [0.1, 0.15) is 11.7 Å². The Morgan fingerprint density at radius 1 is 1.15 bits per heavy atom. The third-order valence-corrected chi connectivity index (χ3v) is 6.18. The lowest BCUT2D eigenvalue weighted by Crippen LogP contribution is -2.55. The Bertz CT molecular complexity index is 1170. The Hall–Kier alpha value is -3.02. The summed E-state index contributed by atoms with van der Waals surface area (Å²) in [6.45, 7) is -0.566. The summed E-state index contributed by atoms with van der Waals surface area (Å²) >= 11 is 1.05. The van der Waals surface area contributed by atoms with Gasteiger partial charge < -0.3 is 20.1 Å². The molecule has 5 unspecified atom stereocenters. The fourth-order valence-corrected chi connectivity index (χ4v) is 4.41. The van der Waals surface area contributed by atoms with E-state index in [1.807, 2.05) is 6.07 Å². The van der Waals surface area contributed by atoms with Crippen molar-refractivity contribution in [3.05, 3.63) is 59.8 Å². The smallest absolute Gasteiger partial charge is 0.194 e. The van der Waals surface area contributed by atoms with Crippen molar-refractivity contribution in [1.82, 2.24) is 20.0 Å². The van der Waals surface area contributed by atoms with Gasteiger partial charge in [-0.05, 0) is 24.3 Å². The standard InChI is InChI=1S/C20H16F3N5O4S/c21-12-3-9(4-13(22)16(12)23)14-7-28(27-26-14)17-18(30)15(8-29)32-20(19(17)31)33-11-2-1-10(5-24)25-6-11/h1-4,6-7,15,17-20,29-31H,8H2. The molecule has 172 valence electrons. The number of benzene rings is 1. The number of aliphatic hydroxyl groups excluding tert-OH is 3. The highest BCUT2D eigenvalue weighted by molar-refractivity contribution is 7.99. The normalized spacial score (nSPS) is 25.1. The van der Waals surface area contributed by atoms with Gasteiger partial charge in [-0.3, -0.25) is 0 Å². The minimum atomic E-state index is -1.62. The molecule has 0 spiro atoms. The number of aliphatic hydroxyl groups is 3. The van der Waals surface area contributed by atoms with Crippen molar-refractivity contribution in [2.24, 2.45) is 0 Å². The van der Waals surface area contributed by atoms with E-state index in [2.05, 4.69) is 15.3 Å². The van der Waals surface area contributed by atoms with Crippen molar-refractivity contribution in [2.75, 3.05) is 6.61 Å². The number of halogens is 3. The molecule has 3 N–H and O–H groups in total. The molecule has 0 bridgehead atoms. The molecule has 1 aliphatic rings. The molecule has 1 aliphatic heterocycles. The van der Waals surface area contributed by atoms with E-state index in [0.29, 0.717) is 4.90 Å². The van der Waals surface area contributed by atoms with Crippen LogP contribution in [0.15, 0.2) is 41.6 Å². The van der Waals surface area contributed by atoms with Gasteiger partial charge in [0, 0.05) is 16.7 Å². The number of pyridine rings is 1. The minimum Gasteiger partial charge on any atom is -0.394 e. The van der Waals surface area contributed by atoms with Gasteiger partial charge in [0.15, 0.2) is 17.5 Å². The topological polar surface area (TPSA) is 137 Å². The Labute approximate surface area is 189 Å². The van der Waals surface area contributed by atoms with E-state index >= 15 is 0 Å². The molecule has 5 atom stereocenters. The molecule has 9 nitrogen and oxygen atoms in total. The highest BCUT2D eigenvalue weighted by Gasteiger charge is 2.46. The van der Waals surface area contributed by atoms with Crippen LogP contribution in [0, 0.1) is 28.8 Å². The number of aromatic nitrogens is 4. The van der Waals surface area contributed by atoms with Gasteiger partial charge in [-0.25, -0.2) is 22.8 Å². The SMILES string of the molecule is N#Cc1ccc(SC2OC(CO)C(O)C(n3cc(-c4cc(F)c(F)c(F)c4)nn3)C2O)cn1. The molecule has 1 fully saturated rings. The van der Waals surface area contributed by atoms with Crippen LogP contribution < -0.4 is 0 Å². The molecule has 0 aliphatic carbocycles. The zero-order valence-electron chi connectivity index (χ0n) is 16.6. The number of thioether (sulfide) groups is 1. The largest absolute Gasteiger partial charge is 0.394 e. The minimum absolute atomic E-state index is 0.0280. The van der Waals surface area contributed by atoms with E-state index in [9.17, 15) is 28.5 Å². The predicted molar refractivity (Wildman–Crippen MR) is 107 cm³/mol. The number of hydrogen-bond acceptors (Lipinski definition) is 9. The third kappa shape index (κ3) is 4.56. The van der Waals surface area contributed by atoms with Gasteiger partial charge in [-0.15, -0.1) is 5.10 Å². The molecule has 0 saturated carbocycles. The summed E-state index contributed by atoms with van der Waals surface area (Å²) in [5, 5.41) is 47.7. The van der Waals surface area contributed by atoms with E-state index in [0.717, 1.165) is 28.6 Å². The quantitative estimate of drug-likeness (QED) is 0.464. The molecule has 33 heavy (non-hydrogen) atoms. The zero-order valence-corrected chi connectivity index (χ0v) is 17.4. The number of rotatable bonds is 5. The van der Waals surface area contributed by atoms with Gasteiger partial charge in [0.2, 0.25) is 0 Å². The fourth-order valence-electron chi connectivity index (χ4n) is 3.39. The lowest BCUT2D eigenvalue weighted by molar-refractivity contribution is -0.178.